The first-order valence-corrected chi connectivity index (χ1v) is 6.28. The number of hydrogen-bond acceptors (Lipinski definition) is 3. The number of ether oxygens (including phenoxy) is 1. The van der Waals surface area contributed by atoms with Crippen molar-refractivity contribution in [2.24, 2.45) is 0 Å². The summed E-state index contributed by atoms with van der Waals surface area (Å²) in [7, 11) is 0. The lowest BCUT2D eigenvalue weighted by atomic mass is 10.1. The second-order valence-electron chi connectivity index (χ2n) is 4.74. The van der Waals surface area contributed by atoms with Crippen LogP contribution in [0.25, 0.3) is 0 Å². The van der Waals surface area contributed by atoms with E-state index in [4.69, 9.17) is 9.84 Å². The summed E-state index contributed by atoms with van der Waals surface area (Å²) in [6.45, 7) is 2.42. The Bertz CT molecular complexity index is 486. The maximum atomic E-state index is 11.8. The molecular weight excluding hydrogens is 246 g/mol. The van der Waals surface area contributed by atoms with E-state index in [0.717, 1.165) is 11.1 Å². The maximum Gasteiger partial charge on any atom is 0.332 e. The molecule has 1 amide bonds. The number of carbonyl (C=O) groups excluding carboxylic acids is 1. The van der Waals surface area contributed by atoms with Crippen LogP contribution in [-0.2, 0) is 20.9 Å². The van der Waals surface area contributed by atoms with Crippen LogP contribution in [0.3, 0.4) is 0 Å². The zero-order valence-corrected chi connectivity index (χ0v) is 10.8. The first kappa shape index (κ1) is 13.5. The zero-order chi connectivity index (χ0) is 13.8. The SMILES string of the molecule is Cc1cccc(CNC(=O)C2CCC(C(=O)O)O2)c1. The van der Waals surface area contributed by atoms with E-state index in [1.807, 2.05) is 31.2 Å². The molecule has 0 aromatic heterocycles. The Morgan fingerprint density at radius 3 is 2.74 bits per heavy atom. The molecule has 1 aliphatic rings. The van der Waals surface area contributed by atoms with E-state index in [2.05, 4.69) is 5.32 Å². The van der Waals surface area contributed by atoms with Gasteiger partial charge in [-0.3, -0.25) is 4.79 Å². The molecule has 1 fully saturated rings. The number of benzene rings is 1. The van der Waals surface area contributed by atoms with Crippen LogP contribution in [0.15, 0.2) is 24.3 Å². The minimum atomic E-state index is -1.01. The summed E-state index contributed by atoms with van der Waals surface area (Å²) in [4.78, 5) is 22.6. The molecule has 0 radical (unpaired) electrons. The molecule has 2 N–H and O–H groups in total. The topological polar surface area (TPSA) is 75.6 Å². The van der Waals surface area contributed by atoms with Crippen molar-refractivity contribution in [3.05, 3.63) is 35.4 Å². The highest BCUT2D eigenvalue weighted by atomic mass is 16.5. The molecule has 5 heteroatoms. The van der Waals surface area contributed by atoms with Crippen molar-refractivity contribution in [1.29, 1.82) is 0 Å². The Morgan fingerprint density at radius 2 is 2.11 bits per heavy atom. The molecule has 1 saturated heterocycles. The summed E-state index contributed by atoms with van der Waals surface area (Å²) in [5.74, 6) is -1.25. The summed E-state index contributed by atoms with van der Waals surface area (Å²) >= 11 is 0. The Hall–Kier alpha value is -1.88. The highest BCUT2D eigenvalue weighted by Crippen LogP contribution is 2.20. The van der Waals surface area contributed by atoms with Crippen molar-refractivity contribution in [1.82, 2.24) is 5.32 Å². The fourth-order valence-electron chi connectivity index (χ4n) is 2.14. The number of aryl methyl sites for hydroxylation is 1. The Kier molecular flexibility index (Phi) is 4.16. The number of carboxylic acids is 1. The van der Waals surface area contributed by atoms with Crippen LogP contribution in [0, 0.1) is 6.92 Å². The fraction of sp³-hybridized carbons (Fsp3) is 0.429. The highest BCUT2D eigenvalue weighted by molar-refractivity contribution is 5.82. The normalized spacial score (nSPS) is 22.2. The van der Waals surface area contributed by atoms with Gasteiger partial charge in [-0.1, -0.05) is 29.8 Å². The summed E-state index contributed by atoms with van der Waals surface area (Å²) < 4.78 is 5.19. The van der Waals surface area contributed by atoms with Gasteiger partial charge in [-0.15, -0.1) is 0 Å². The smallest absolute Gasteiger partial charge is 0.332 e. The van der Waals surface area contributed by atoms with Gasteiger partial charge in [0.25, 0.3) is 0 Å². The van der Waals surface area contributed by atoms with E-state index < -0.39 is 18.2 Å². The van der Waals surface area contributed by atoms with Gasteiger partial charge in [-0.25, -0.2) is 4.79 Å². The molecule has 1 aromatic carbocycles. The predicted molar refractivity (Wildman–Crippen MR) is 68.6 cm³/mol. The second kappa shape index (κ2) is 5.84. The Labute approximate surface area is 111 Å². The first-order valence-electron chi connectivity index (χ1n) is 6.28. The molecule has 0 spiro atoms. The van der Waals surface area contributed by atoms with Gasteiger partial charge in [0.15, 0.2) is 6.10 Å². The number of carbonyl (C=O) groups is 2. The second-order valence-corrected chi connectivity index (χ2v) is 4.74. The Balaban J connectivity index is 1.84. The van der Waals surface area contributed by atoms with Crippen molar-refractivity contribution in [2.75, 3.05) is 0 Å². The van der Waals surface area contributed by atoms with Crippen molar-refractivity contribution in [2.45, 2.75) is 38.5 Å². The van der Waals surface area contributed by atoms with Crippen molar-refractivity contribution in [3.8, 4) is 0 Å². The molecule has 2 unspecified atom stereocenters. The lowest BCUT2D eigenvalue weighted by Gasteiger charge is -2.12. The molecule has 5 nitrogen and oxygen atoms in total. The van der Waals surface area contributed by atoms with Crippen LogP contribution < -0.4 is 5.32 Å². The number of aliphatic carboxylic acids is 1. The van der Waals surface area contributed by atoms with Crippen LogP contribution in [0.1, 0.15) is 24.0 Å². The molecular formula is C14H17NO4. The van der Waals surface area contributed by atoms with Gasteiger partial charge in [0, 0.05) is 6.54 Å². The quantitative estimate of drug-likeness (QED) is 0.857. The molecule has 2 rings (SSSR count). The standard InChI is InChI=1S/C14H17NO4/c1-9-3-2-4-10(7-9)8-15-13(16)11-5-6-12(19-11)14(17)18/h2-4,7,11-12H,5-6,8H2,1H3,(H,15,16)(H,17,18). The number of hydrogen-bond donors (Lipinski definition) is 2. The van der Waals surface area contributed by atoms with Gasteiger partial charge in [-0.2, -0.15) is 0 Å². The van der Waals surface area contributed by atoms with Crippen LogP contribution in [-0.4, -0.2) is 29.2 Å². The number of carboxylic acid groups (broad SMARTS) is 1. The average molecular weight is 263 g/mol. The third kappa shape index (κ3) is 3.54. The third-order valence-electron chi connectivity index (χ3n) is 3.14. The molecule has 0 saturated carbocycles. The molecule has 2 atom stereocenters. The van der Waals surface area contributed by atoms with E-state index in [0.29, 0.717) is 19.4 Å². The minimum Gasteiger partial charge on any atom is -0.479 e. The van der Waals surface area contributed by atoms with E-state index in [9.17, 15) is 9.59 Å². The monoisotopic (exact) mass is 263 g/mol. The van der Waals surface area contributed by atoms with E-state index >= 15 is 0 Å². The summed E-state index contributed by atoms with van der Waals surface area (Å²) in [6, 6.07) is 7.85. The zero-order valence-electron chi connectivity index (χ0n) is 10.8. The molecule has 1 aliphatic heterocycles. The van der Waals surface area contributed by atoms with Crippen molar-refractivity contribution < 1.29 is 19.4 Å². The fourth-order valence-corrected chi connectivity index (χ4v) is 2.14. The van der Waals surface area contributed by atoms with Gasteiger partial charge in [0.05, 0.1) is 0 Å². The molecule has 0 bridgehead atoms. The van der Waals surface area contributed by atoms with E-state index in [-0.39, 0.29) is 5.91 Å². The lowest BCUT2D eigenvalue weighted by Crippen LogP contribution is -2.35. The number of nitrogens with one attached hydrogen (secondary N) is 1. The molecule has 1 heterocycles. The molecule has 102 valence electrons. The highest BCUT2D eigenvalue weighted by Gasteiger charge is 2.34. The molecule has 19 heavy (non-hydrogen) atoms. The van der Waals surface area contributed by atoms with Crippen molar-refractivity contribution >= 4 is 11.9 Å². The van der Waals surface area contributed by atoms with Crippen LogP contribution in [0.4, 0.5) is 0 Å². The summed E-state index contributed by atoms with van der Waals surface area (Å²) in [5, 5.41) is 11.6. The van der Waals surface area contributed by atoms with Crippen molar-refractivity contribution in [3.63, 3.8) is 0 Å². The van der Waals surface area contributed by atoms with Gasteiger partial charge in [0.1, 0.15) is 6.10 Å². The van der Waals surface area contributed by atoms with Gasteiger partial charge in [0.2, 0.25) is 5.91 Å². The van der Waals surface area contributed by atoms with Gasteiger partial charge >= 0.3 is 5.97 Å². The van der Waals surface area contributed by atoms with Gasteiger partial charge < -0.3 is 15.2 Å². The lowest BCUT2D eigenvalue weighted by molar-refractivity contribution is -0.151. The average Bonchev–Trinajstić information content (AvgIpc) is 2.86. The summed E-state index contributed by atoms with van der Waals surface area (Å²) in [6.07, 6.45) is -0.658. The number of amides is 1. The van der Waals surface area contributed by atoms with Crippen LogP contribution in [0.2, 0.25) is 0 Å². The number of rotatable bonds is 4. The maximum absolute atomic E-state index is 11.8. The minimum absolute atomic E-state index is 0.245. The van der Waals surface area contributed by atoms with E-state index in [1.54, 1.807) is 0 Å². The predicted octanol–water partition coefficient (Wildman–Crippen LogP) is 1.24. The Morgan fingerprint density at radius 1 is 1.37 bits per heavy atom. The molecule has 1 aromatic rings. The van der Waals surface area contributed by atoms with Gasteiger partial charge in [-0.05, 0) is 25.3 Å². The third-order valence-corrected chi connectivity index (χ3v) is 3.14. The largest absolute Gasteiger partial charge is 0.479 e. The first-order chi connectivity index (χ1) is 9.06. The van der Waals surface area contributed by atoms with Crippen LogP contribution in [0.5, 0.6) is 0 Å². The van der Waals surface area contributed by atoms with E-state index in [1.165, 1.54) is 0 Å². The summed E-state index contributed by atoms with van der Waals surface area (Å²) in [5.41, 5.74) is 2.15. The molecule has 0 aliphatic carbocycles. The van der Waals surface area contributed by atoms with Crippen LogP contribution >= 0.6 is 0 Å².